The standard InChI is InChI=1S/C23H29FN2O2S/c1-3-5-13-25(21(27)6-4-2)16-22(28)26-14-11-20-19(12-15-29-20)23(26)17-7-9-18(24)10-8-17/h7-10,12,15,23H,3-6,11,13-14,16H2,1-2H3/t23-/m1/s1. The van der Waals surface area contributed by atoms with E-state index in [9.17, 15) is 14.0 Å². The number of hydrogen-bond donors (Lipinski definition) is 0. The van der Waals surface area contributed by atoms with E-state index in [1.807, 2.05) is 17.2 Å². The summed E-state index contributed by atoms with van der Waals surface area (Å²) >= 11 is 1.70. The van der Waals surface area contributed by atoms with Gasteiger partial charge in [0.25, 0.3) is 0 Å². The van der Waals surface area contributed by atoms with Gasteiger partial charge in [-0.2, -0.15) is 0 Å². The summed E-state index contributed by atoms with van der Waals surface area (Å²) in [5.74, 6) is -0.290. The van der Waals surface area contributed by atoms with E-state index >= 15 is 0 Å². The molecule has 4 nitrogen and oxygen atoms in total. The highest BCUT2D eigenvalue weighted by molar-refractivity contribution is 7.10. The second kappa shape index (κ2) is 10.0. The first-order chi connectivity index (χ1) is 14.0. The number of nitrogens with zero attached hydrogens (tertiary/aromatic N) is 2. The first-order valence-electron chi connectivity index (χ1n) is 10.4. The molecule has 0 radical (unpaired) electrons. The van der Waals surface area contributed by atoms with Crippen LogP contribution < -0.4 is 0 Å². The third-order valence-electron chi connectivity index (χ3n) is 5.40. The molecule has 0 spiro atoms. The molecular weight excluding hydrogens is 387 g/mol. The maximum Gasteiger partial charge on any atom is 0.242 e. The number of halogens is 1. The number of carbonyl (C=O) groups is 2. The van der Waals surface area contributed by atoms with Gasteiger partial charge in [0.1, 0.15) is 5.82 Å². The third kappa shape index (κ3) is 5.04. The summed E-state index contributed by atoms with van der Waals surface area (Å²) in [6.45, 7) is 5.39. The van der Waals surface area contributed by atoms with Crippen LogP contribution in [0.2, 0.25) is 0 Å². The lowest BCUT2D eigenvalue weighted by Crippen LogP contribution is -2.47. The highest BCUT2D eigenvalue weighted by atomic mass is 32.1. The van der Waals surface area contributed by atoms with Gasteiger partial charge in [0, 0.05) is 24.4 Å². The van der Waals surface area contributed by atoms with Crippen molar-refractivity contribution in [1.82, 2.24) is 9.80 Å². The van der Waals surface area contributed by atoms with Crippen molar-refractivity contribution < 1.29 is 14.0 Å². The second-order valence-electron chi connectivity index (χ2n) is 7.51. The summed E-state index contributed by atoms with van der Waals surface area (Å²) in [7, 11) is 0. The highest BCUT2D eigenvalue weighted by Gasteiger charge is 2.33. The fraction of sp³-hybridized carbons (Fsp3) is 0.478. The maximum atomic E-state index is 13.5. The normalized spacial score (nSPS) is 15.8. The molecule has 0 aliphatic carbocycles. The van der Waals surface area contributed by atoms with E-state index in [0.717, 1.165) is 36.8 Å². The Morgan fingerprint density at radius 3 is 2.62 bits per heavy atom. The zero-order valence-corrected chi connectivity index (χ0v) is 18.0. The van der Waals surface area contributed by atoms with Gasteiger partial charge in [-0.05, 0) is 54.0 Å². The van der Waals surface area contributed by atoms with E-state index < -0.39 is 0 Å². The first kappa shape index (κ1) is 21.5. The highest BCUT2D eigenvalue weighted by Crippen LogP contribution is 2.37. The van der Waals surface area contributed by atoms with Crippen molar-refractivity contribution in [2.75, 3.05) is 19.6 Å². The molecule has 0 N–H and O–H groups in total. The van der Waals surface area contributed by atoms with Crippen molar-refractivity contribution >= 4 is 23.2 Å². The number of benzene rings is 1. The molecule has 2 amide bonds. The van der Waals surface area contributed by atoms with Gasteiger partial charge in [-0.25, -0.2) is 4.39 Å². The van der Waals surface area contributed by atoms with Crippen molar-refractivity contribution in [3.63, 3.8) is 0 Å². The molecule has 1 aliphatic heterocycles. The third-order valence-corrected chi connectivity index (χ3v) is 6.39. The fourth-order valence-electron chi connectivity index (χ4n) is 3.86. The van der Waals surface area contributed by atoms with E-state index in [0.29, 0.717) is 19.5 Å². The summed E-state index contributed by atoms with van der Waals surface area (Å²) < 4.78 is 13.5. The van der Waals surface area contributed by atoms with E-state index in [-0.39, 0.29) is 30.2 Å². The number of thiophene rings is 1. The van der Waals surface area contributed by atoms with Crippen LogP contribution in [0.15, 0.2) is 35.7 Å². The molecule has 3 rings (SSSR count). The van der Waals surface area contributed by atoms with Crippen LogP contribution in [0.1, 0.15) is 61.6 Å². The Morgan fingerprint density at radius 2 is 1.93 bits per heavy atom. The molecule has 29 heavy (non-hydrogen) atoms. The van der Waals surface area contributed by atoms with E-state index in [1.165, 1.54) is 17.0 Å². The quantitative estimate of drug-likeness (QED) is 0.621. The topological polar surface area (TPSA) is 40.6 Å². The minimum absolute atomic E-state index is 0.0425. The Labute approximate surface area is 176 Å². The average Bonchev–Trinajstić information content (AvgIpc) is 3.20. The molecule has 1 atom stereocenters. The van der Waals surface area contributed by atoms with Gasteiger partial charge < -0.3 is 9.80 Å². The zero-order chi connectivity index (χ0) is 20.8. The van der Waals surface area contributed by atoms with E-state index in [2.05, 4.69) is 13.0 Å². The summed E-state index contributed by atoms with van der Waals surface area (Å²) in [5.41, 5.74) is 2.01. The number of amides is 2. The molecule has 2 aromatic rings. The summed E-state index contributed by atoms with van der Waals surface area (Å²) in [4.78, 5) is 30.7. The average molecular weight is 417 g/mol. The van der Waals surface area contributed by atoms with Crippen molar-refractivity contribution in [1.29, 1.82) is 0 Å². The Balaban J connectivity index is 1.85. The maximum absolute atomic E-state index is 13.5. The van der Waals surface area contributed by atoms with Gasteiger partial charge >= 0.3 is 0 Å². The monoisotopic (exact) mass is 416 g/mol. The van der Waals surface area contributed by atoms with Crippen LogP contribution in [0.4, 0.5) is 4.39 Å². The van der Waals surface area contributed by atoms with E-state index in [4.69, 9.17) is 0 Å². The summed E-state index contributed by atoms with van der Waals surface area (Å²) in [6, 6.07) is 8.22. The lowest BCUT2D eigenvalue weighted by molar-refractivity contribution is -0.141. The molecule has 0 fully saturated rings. The second-order valence-corrected chi connectivity index (χ2v) is 8.51. The van der Waals surface area contributed by atoms with Gasteiger partial charge in [0.2, 0.25) is 11.8 Å². The molecule has 1 aliphatic rings. The number of rotatable bonds is 8. The van der Waals surface area contributed by atoms with Crippen LogP contribution in [-0.2, 0) is 16.0 Å². The van der Waals surface area contributed by atoms with Crippen LogP contribution >= 0.6 is 11.3 Å². The molecule has 0 saturated heterocycles. The molecule has 0 unspecified atom stereocenters. The molecule has 2 heterocycles. The van der Waals surface area contributed by atoms with Crippen molar-refractivity contribution in [2.45, 2.75) is 52.0 Å². The van der Waals surface area contributed by atoms with Gasteiger partial charge in [0.15, 0.2) is 0 Å². The molecule has 0 saturated carbocycles. The zero-order valence-electron chi connectivity index (χ0n) is 17.2. The van der Waals surface area contributed by atoms with Gasteiger partial charge in [-0.15, -0.1) is 11.3 Å². The Kier molecular flexibility index (Phi) is 7.42. The van der Waals surface area contributed by atoms with Gasteiger partial charge in [-0.1, -0.05) is 32.4 Å². The van der Waals surface area contributed by atoms with Crippen LogP contribution in [-0.4, -0.2) is 41.2 Å². The van der Waals surface area contributed by atoms with Crippen LogP contribution in [0.25, 0.3) is 0 Å². The van der Waals surface area contributed by atoms with Gasteiger partial charge in [-0.3, -0.25) is 9.59 Å². The summed E-state index contributed by atoms with van der Waals surface area (Å²) in [5, 5.41) is 2.05. The van der Waals surface area contributed by atoms with E-state index in [1.54, 1.807) is 28.4 Å². The van der Waals surface area contributed by atoms with Crippen molar-refractivity contribution in [3.05, 3.63) is 57.5 Å². The molecule has 1 aromatic carbocycles. The van der Waals surface area contributed by atoms with Crippen LogP contribution in [0.3, 0.4) is 0 Å². The molecule has 1 aromatic heterocycles. The number of fused-ring (bicyclic) bond motifs is 1. The lowest BCUT2D eigenvalue weighted by atomic mass is 9.93. The minimum atomic E-state index is -0.288. The van der Waals surface area contributed by atoms with Gasteiger partial charge in [0.05, 0.1) is 12.6 Å². The SMILES string of the molecule is CCCCN(CC(=O)N1CCc2sccc2[C@H]1c1ccc(F)cc1)C(=O)CCC. The number of unbranched alkanes of at least 4 members (excludes halogenated alkanes) is 1. The first-order valence-corrected chi connectivity index (χ1v) is 11.3. The molecule has 6 heteroatoms. The Bertz CT molecular complexity index is 834. The fourth-order valence-corrected chi connectivity index (χ4v) is 4.76. The Morgan fingerprint density at radius 1 is 1.17 bits per heavy atom. The smallest absolute Gasteiger partial charge is 0.242 e. The molecule has 156 valence electrons. The summed E-state index contributed by atoms with van der Waals surface area (Å²) in [6.07, 6.45) is 3.92. The molecule has 0 bridgehead atoms. The minimum Gasteiger partial charge on any atom is -0.333 e. The number of carbonyl (C=O) groups excluding carboxylic acids is 2. The largest absolute Gasteiger partial charge is 0.333 e. The predicted octanol–water partition coefficient (Wildman–Crippen LogP) is 4.79. The number of hydrogen-bond acceptors (Lipinski definition) is 3. The Hall–Kier alpha value is -2.21. The van der Waals surface area contributed by atoms with Crippen LogP contribution in [0.5, 0.6) is 0 Å². The lowest BCUT2D eigenvalue weighted by Gasteiger charge is -2.37. The predicted molar refractivity (Wildman–Crippen MR) is 114 cm³/mol. The van der Waals surface area contributed by atoms with Crippen molar-refractivity contribution in [2.24, 2.45) is 0 Å². The van der Waals surface area contributed by atoms with Crippen molar-refractivity contribution in [3.8, 4) is 0 Å². The van der Waals surface area contributed by atoms with Crippen LogP contribution in [0, 0.1) is 5.82 Å². The molecular formula is C23H29FN2O2S.